The maximum absolute atomic E-state index is 11.2. The quantitative estimate of drug-likeness (QED) is 0.402. The van der Waals surface area contributed by atoms with Crippen molar-refractivity contribution in [1.82, 2.24) is 0 Å². The van der Waals surface area contributed by atoms with Gasteiger partial charge >= 0.3 is 0 Å². The van der Waals surface area contributed by atoms with Gasteiger partial charge in [0.25, 0.3) is 0 Å². The van der Waals surface area contributed by atoms with Gasteiger partial charge in [-0.2, -0.15) is 0 Å². The van der Waals surface area contributed by atoms with E-state index in [0.717, 1.165) is 48.3 Å². The Morgan fingerprint density at radius 2 is 1.47 bits per heavy atom. The largest absolute Gasteiger partial charge is 0.393 e. The van der Waals surface area contributed by atoms with Crippen LogP contribution in [0.3, 0.4) is 0 Å². The molecule has 0 spiro atoms. The van der Waals surface area contributed by atoms with Gasteiger partial charge < -0.3 is 5.11 Å². The van der Waals surface area contributed by atoms with E-state index in [1.165, 1.54) is 75.3 Å². The molecule has 1 N–H and O–H groups in total. The van der Waals surface area contributed by atoms with E-state index in [4.69, 9.17) is 0 Å². The lowest BCUT2D eigenvalue weighted by Crippen LogP contribution is -2.57. The van der Waals surface area contributed by atoms with Crippen molar-refractivity contribution < 1.29 is 5.11 Å². The Kier molecular flexibility index (Phi) is 7.73. The fraction of sp³-hybridized carbons (Fsp3) is 0.829. The zero-order valence-corrected chi connectivity index (χ0v) is 24.4. The van der Waals surface area contributed by atoms with Crippen molar-refractivity contribution in [3.8, 4) is 0 Å². The van der Waals surface area contributed by atoms with E-state index >= 15 is 0 Å². The summed E-state index contributed by atoms with van der Waals surface area (Å²) in [4.78, 5) is 0. The van der Waals surface area contributed by atoms with Gasteiger partial charge in [-0.1, -0.05) is 83.7 Å². The fourth-order valence-electron chi connectivity index (χ4n) is 10.8. The summed E-state index contributed by atoms with van der Waals surface area (Å²) in [5.74, 6) is 6.60. The number of fused-ring (bicyclic) bond motifs is 5. The Bertz CT molecular complexity index is 871. The van der Waals surface area contributed by atoms with Gasteiger partial charge in [0.2, 0.25) is 0 Å². The van der Waals surface area contributed by atoms with Gasteiger partial charge in [0.05, 0.1) is 6.10 Å². The lowest BCUT2D eigenvalue weighted by molar-refractivity contribution is -0.152. The third-order valence-corrected chi connectivity index (χ3v) is 12.7. The summed E-state index contributed by atoms with van der Waals surface area (Å²) in [6.07, 6.45) is 16.2. The van der Waals surface area contributed by atoms with Gasteiger partial charge in [-0.3, -0.25) is 0 Å². The van der Waals surface area contributed by atoms with Crippen LogP contribution in [-0.4, -0.2) is 11.2 Å². The van der Waals surface area contributed by atoms with Crippen LogP contribution in [0.25, 0.3) is 0 Å². The van der Waals surface area contributed by atoms with E-state index in [1.54, 1.807) is 0 Å². The van der Waals surface area contributed by atoms with Crippen LogP contribution in [0.5, 0.6) is 0 Å². The van der Waals surface area contributed by atoms with Crippen LogP contribution in [0.15, 0.2) is 24.3 Å². The molecule has 0 bridgehead atoms. The molecular formula is C35H56O. The molecule has 0 saturated heterocycles. The number of rotatable bonds is 7. The first-order valence-electron chi connectivity index (χ1n) is 15.9. The summed E-state index contributed by atoms with van der Waals surface area (Å²) in [5.41, 5.74) is 3.77. The molecule has 0 aliphatic heterocycles. The van der Waals surface area contributed by atoms with Crippen molar-refractivity contribution in [3.05, 3.63) is 35.4 Å². The maximum atomic E-state index is 11.2. The molecule has 0 aromatic heterocycles. The SMILES string of the molecule is Cc1ccc(C[C@H]2C3CCC4C(CC[C@@]5(C)C4CC[C@@H]5[C@H](C)CCCC(C)C)[C@@]3(C)CC[C@H]2O)cc1. The normalized spacial score (nSPS) is 43.1. The van der Waals surface area contributed by atoms with Crippen LogP contribution < -0.4 is 0 Å². The lowest BCUT2D eigenvalue weighted by atomic mass is 9.42. The average molecular weight is 493 g/mol. The minimum atomic E-state index is -0.114. The summed E-state index contributed by atoms with van der Waals surface area (Å²) < 4.78 is 0. The Morgan fingerprint density at radius 1 is 0.806 bits per heavy atom. The number of aryl methyl sites for hydroxylation is 1. The number of aliphatic hydroxyl groups excluding tert-OH is 1. The molecule has 4 fully saturated rings. The van der Waals surface area contributed by atoms with Crippen LogP contribution in [-0.2, 0) is 6.42 Å². The Hall–Kier alpha value is -0.820. The second-order valence-corrected chi connectivity index (χ2v) is 15.1. The molecule has 4 unspecified atom stereocenters. The van der Waals surface area contributed by atoms with E-state index in [0.29, 0.717) is 22.7 Å². The van der Waals surface area contributed by atoms with Gasteiger partial charge in [-0.25, -0.2) is 0 Å². The van der Waals surface area contributed by atoms with Crippen molar-refractivity contribution in [1.29, 1.82) is 0 Å². The van der Waals surface area contributed by atoms with Gasteiger partial charge in [-0.05, 0) is 128 Å². The number of hydrogen-bond donors (Lipinski definition) is 1. The second-order valence-electron chi connectivity index (χ2n) is 15.1. The Balaban J connectivity index is 1.31. The standard InChI is InChI=1S/C35H56O/c1-23(2)8-7-9-25(4)29-16-17-30-27-14-15-31-28(22-26-12-10-24(3)11-13-26)33(36)19-21-35(31,6)32(27)18-20-34(29,30)5/h10-13,23,25,27-33,36H,7-9,14-22H2,1-6H3/t25-,27?,28+,29-,30?,31?,32?,33-,34-,35+/m1/s1. The molecule has 0 amide bonds. The molecule has 4 aliphatic carbocycles. The predicted octanol–water partition coefficient (Wildman–Crippen LogP) is 9.25. The maximum Gasteiger partial charge on any atom is 0.0574 e. The highest BCUT2D eigenvalue weighted by atomic mass is 16.3. The molecule has 1 heteroatoms. The summed E-state index contributed by atoms with van der Waals surface area (Å²) in [6, 6.07) is 9.13. The monoisotopic (exact) mass is 492 g/mol. The summed E-state index contributed by atoms with van der Waals surface area (Å²) in [5, 5.41) is 11.2. The highest BCUT2D eigenvalue weighted by molar-refractivity contribution is 5.23. The molecule has 1 nitrogen and oxygen atoms in total. The number of aliphatic hydroxyl groups is 1. The first kappa shape index (κ1) is 26.8. The fourth-order valence-corrected chi connectivity index (χ4v) is 10.8. The van der Waals surface area contributed by atoms with Crippen LogP contribution in [0.2, 0.25) is 0 Å². The number of benzene rings is 1. The molecule has 202 valence electrons. The van der Waals surface area contributed by atoms with Crippen LogP contribution in [0.4, 0.5) is 0 Å². The summed E-state index contributed by atoms with van der Waals surface area (Å²) in [7, 11) is 0. The molecular weight excluding hydrogens is 436 g/mol. The molecule has 36 heavy (non-hydrogen) atoms. The van der Waals surface area contributed by atoms with Crippen molar-refractivity contribution in [2.45, 2.75) is 125 Å². The zero-order valence-electron chi connectivity index (χ0n) is 24.4. The second kappa shape index (κ2) is 10.4. The van der Waals surface area contributed by atoms with E-state index in [-0.39, 0.29) is 6.10 Å². The minimum Gasteiger partial charge on any atom is -0.393 e. The Morgan fingerprint density at radius 3 is 2.19 bits per heavy atom. The molecule has 0 heterocycles. The van der Waals surface area contributed by atoms with E-state index in [2.05, 4.69) is 65.8 Å². The third-order valence-electron chi connectivity index (χ3n) is 12.7. The van der Waals surface area contributed by atoms with Crippen LogP contribution >= 0.6 is 0 Å². The smallest absolute Gasteiger partial charge is 0.0574 e. The van der Waals surface area contributed by atoms with Crippen molar-refractivity contribution in [2.75, 3.05) is 0 Å². The van der Waals surface area contributed by atoms with Crippen molar-refractivity contribution in [3.63, 3.8) is 0 Å². The molecule has 1 aromatic rings. The van der Waals surface area contributed by atoms with Gasteiger partial charge in [0.1, 0.15) is 0 Å². The van der Waals surface area contributed by atoms with E-state index in [9.17, 15) is 5.11 Å². The van der Waals surface area contributed by atoms with Crippen LogP contribution in [0.1, 0.15) is 116 Å². The van der Waals surface area contributed by atoms with Gasteiger partial charge in [-0.15, -0.1) is 0 Å². The average Bonchev–Trinajstić information content (AvgIpc) is 3.19. The topological polar surface area (TPSA) is 20.2 Å². The lowest BCUT2D eigenvalue weighted by Gasteiger charge is -2.63. The molecule has 5 rings (SSSR count). The van der Waals surface area contributed by atoms with Crippen LogP contribution in [0, 0.1) is 65.1 Å². The highest BCUT2D eigenvalue weighted by Gasteiger charge is 2.61. The summed E-state index contributed by atoms with van der Waals surface area (Å²) in [6.45, 7) is 14.9. The van der Waals surface area contributed by atoms with E-state index < -0.39 is 0 Å². The molecule has 1 aromatic carbocycles. The molecule has 0 radical (unpaired) electrons. The van der Waals surface area contributed by atoms with Crippen molar-refractivity contribution >= 4 is 0 Å². The first-order chi connectivity index (χ1) is 17.1. The summed E-state index contributed by atoms with van der Waals surface area (Å²) >= 11 is 0. The molecule has 10 atom stereocenters. The number of hydrogen-bond acceptors (Lipinski definition) is 1. The van der Waals surface area contributed by atoms with Gasteiger partial charge in [0.15, 0.2) is 0 Å². The minimum absolute atomic E-state index is 0.114. The highest BCUT2D eigenvalue weighted by Crippen LogP contribution is 2.69. The Labute approximate surface area is 223 Å². The predicted molar refractivity (Wildman–Crippen MR) is 153 cm³/mol. The first-order valence-corrected chi connectivity index (χ1v) is 15.9. The van der Waals surface area contributed by atoms with Gasteiger partial charge in [0, 0.05) is 0 Å². The molecule has 4 saturated carbocycles. The van der Waals surface area contributed by atoms with E-state index in [1.807, 2.05) is 0 Å². The van der Waals surface area contributed by atoms with Crippen molar-refractivity contribution in [2.24, 2.45) is 58.2 Å². The third kappa shape index (κ3) is 4.74. The zero-order chi connectivity index (χ0) is 25.7. The molecule has 4 aliphatic rings.